The Kier molecular flexibility index (Phi) is 5.71. The summed E-state index contributed by atoms with van der Waals surface area (Å²) in [6.45, 7) is 7.64. The second kappa shape index (κ2) is 7.45. The second-order valence-corrected chi connectivity index (χ2v) is 7.43. The molecule has 0 aliphatic heterocycles. The van der Waals surface area contributed by atoms with E-state index >= 15 is 0 Å². The first-order valence-electron chi connectivity index (χ1n) is 8.03. The van der Waals surface area contributed by atoms with Crippen molar-refractivity contribution in [3.8, 4) is 0 Å². The Bertz CT molecular complexity index is 843. The van der Waals surface area contributed by atoms with E-state index in [0.717, 1.165) is 6.07 Å². The Morgan fingerprint density at radius 3 is 2.54 bits per heavy atom. The van der Waals surface area contributed by atoms with Gasteiger partial charge in [-0.1, -0.05) is 17.7 Å². The van der Waals surface area contributed by atoms with E-state index in [2.05, 4.69) is 10.4 Å². The minimum absolute atomic E-state index is 0.0727. The highest BCUT2D eigenvalue weighted by atomic mass is 35.5. The van der Waals surface area contributed by atoms with Crippen LogP contribution in [0.4, 0.5) is 4.39 Å². The molecule has 1 atom stereocenters. The van der Waals surface area contributed by atoms with Gasteiger partial charge in [-0.25, -0.2) is 4.39 Å². The number of halogens is 2. The summed E-state index contributed by atoms with van der Waals surface area (Å²) in [6.07, 6.45) is 1.05. The normalized spacial score (nSPS) is 12.7. The number of carbonyl (C=O) groups is 2. The van der Waals surface area contributed by atoms with Crippen LogP contribution in [-0.2, 0) is 10.3 Å². The Balaban J connectivity index is 2.31. The Morgan fingerprint density at radius 1 is 1.38 bits per heavy atom. The predicted octanol–water partition coefficient (Wildman–Crippen LogP) is 3.68. The summed E-state index contributed by atoms with van der Waals surface area (Å²) in [6, 6.07) is 3.05. The number of benzene rings is 1. The number of rotatable bonds is 5. The summed E-state index contributed by atoms with van der Waals surface area (Å²) in [7, 11) is 0. The van der Waals surface area contributed by atoms with Gasteiger partial charge < -0.3 is 10.4 Å². The average molecular weight is 382 g/mol. The van der Waals surface area contributed by atoms with Crippen LogP contribution in [0.25, 0.3) is 0 Å². The van der Waals surface area contributed by atoms with E-state index in [-0.39, 0.29) is 17.0 Å². The van der Waals surface area contributed by atoms with E-state index in [0.29, 0.717) is 16.8 Å². The smallest absolute Gasteiger partial charge is 0.305 e. The molecule has 0 fully saturated rings. The van der Waals surface area contributed by atoms with Crippen LogP contribution in [0.3, 0.4) is 0 Å². The SMILES string of the molecule is Cc1c(C(=O)NC(CC(=O)O)c2ccc(Cl)c(F)c2)cnn1C(C)(C)C. The molecule has 1 aromatic carbocycles. The molecule has 1 unspecified atom stereocenters. The fraction of sp³-hybridized carbons (Fsp3) is 0.389. The molecule has 1 amide bonds. The highest BCUT2D eigenvalue weighted by molar-refractivity contribution is 6.30. The molecule has 26 heavy (non-hydrogen) atoms. The second-order valence-electron chi connectivity index (χ2n) is 7.02. The number of aromatic nitrogens is 2. The number of carboxylic acids is 1. The van der Waals surface area contributed by atoms with Crippen molar-refractivity contribution in [3.63, 3.8) is 0 Å². The Labute approximate surface area is 156 Å². The van der Waals surface area contributed by atoms with E-state index in [1.807, 2.05) is 20.8 Å². The third-order valence-electron chi connectivity index (χ3n) is 3.92. The molecule has 0 aliphatic carbocycles. The summed E-state index contributed by atoms with van der Waals surface area (Å²) < 4.78 is 15.4. The van der Waals surface area contributed by atoms with Gasteiger partial charge >= 0.3 is 5.97 Å². The van der Waals surface area contributed by atoms with Gasteiger partial charge in [0.25, 0.3) is 5.91 Å². The number of hydrogen-bond acceptors (Lipinski definition) is 3. The van der Waals surface area contributed by atoms with Crippen molar-refractivity contribution in [1.82, 2.24) is 15.1 Å². The molecule has 0 bridgehead atoms. The highest BCUT2D eigenvalue weighted by Gasteiger charge is 2.25. The van der Waals surface area contributed by atoms with Gasteiger partial charge in [0, 0.05) is 5.69 Å². The van der Waals surface area contributed by atoms with Gasteiger partial charge in [0.2, 0.25) is 0 Å². The minimum Gasteiger partial charge on any atom is -0.481 e. The monoisotopic (exact) mass is 381 g/mol. The van der Waals surface area contributed by atoms with E-state index < -0.39 is 23.7 Å². The molecule has 6 nitrogen and oxygen atoms in total. The van der Waals surface area contributed by atoms with Gasteiger partial charge in [0.1, 0.15) is 5.82 Å². The lowest BCUT2D eigenvalue weighted by atomic mass is 10.0. The van der Waals surface area contributed by atoms with Crippen molar-refractivity contribution in [2.24, 2.45) is 0 Å². The van der Waals surface area contributed by atoms with E-state index in [1.54, 1.807) is 11.6 Å². The summed E-state index contributed by atoms with van der Waals surface area (Å²) in [4.78, 5) is 23.8. The zero-order chi connectivity index (χ0) is 19.6. The Morgan fingerprint density at radius 2 is 2.04 bits per heavy atom. The standard InChI is InChI=1S/C18H21ClFN3O3/c1-10-12(9-21-23(10)18(2,3)4)17(26)22-15(8-16(24)25)11-5-6-13(19)14(20)7-11/h5-7,9,15H,8H2,1-4H3,(H,22,26)(H,24,25). The average Bonchev–Trinajstić information content (AvgIpc) is 2.90. The lowest BCUT2D eigenvalue weighted by molar-refractivity contribution is -0.137. The molecule has 0 aliphatic rings. The molecule has 0 radical (unpaired) electrons. The molecule has 2 rings (SSSR count). The first kappa shape index (κ1) is 19.9. The fourth-order valence-electron chi connectivity index (χ4n) is 2.70. The minimum atomic E-state index is -1.12. The number of carboxylic acid groups (broad SMARTS) is 1. The highest BCUT2D eigenvalue weighted by Crippen LogP contribution is 2.24. The van der Waals surface area contributed by atoms with E-state index in [4.69, 9.17) is 16.7 Å². The summed E-state index contributed by atoms with van der Waals surface area (Å²) >= 11 is 5.67. The van der Waals surface area contributed by atoms with Crippen LogP contribution in [0.1, 0.15) is 54.8 Å². The van der Waals surface area contributed by atoms with E-state index in [1.165, 1.54) is 18.3 Å². The maximum absolute atomic E-state index is 13.7. The molecule has 2 N–H and O–H groups in total. The Hall–Kier alpha value is -2.41. The van der Waals surface area contributed by atoms with Crippen molar-refractivity contribution in [3.05, 3.63) is 52.1 Å². The van der Waals surface area contributed by atoms with Crippen LogP contribution in [0.2, 0.25) is 5.02 Å². The molecule has 8 heteroatoms. The van der Waals surface area contributed by atoms with Crippen LogP contribution in [0.15, 0.2) is 24.4 Å². The fourth-order valence-corrected chi connectivity index (χ4v) is 2.82. The first-order valence-corrected chi connectivity index (χ1v) is 8.41. The topological polar surface area (TPSA) is 84.2 Å². The van der Waals surface area contributed by atoms with Gasteiger partial charge in [0.05, 0.1) is 34.8 Å². The lowest BCUT2D eigenvalue weighted by Crippen LogP contribution is -2.31. The van der Waals surface area contributed by atoms with Crippen molar-refractivity contribution < 1.29 is 19.1 Å². The largest absolute Gasteiger partial charge is 0.481 e. The number of hydrogen-bond donors (Lipinski definition) is 2. The van der Waals surface area contributed by atoms with Crippen molar-refractivity contribution in [1.29, 1.82) is 0 Å². The third kappa shape index (κ3) is 4.40. The predicted molar refractivity (Wildman–Crippen MR) is 95.8 cm³/mol. The molecule has 140 valence electrons. The molecular weight excluding hydrogens is 361 g/mol. The number of nitrogens with zero attached hydrogens (tertiary/aromatic N) is 2. The quantitative estimate of drug-likeness (QED) is 0.827. The van der Waals surface area contributed by atoms with Crippen LogP contribution >= 0.6 is 11.6 Å². The molecule has 0 saturated heterocycles. The number of carbonyl (C=O) groups excluding carboxylic acids is 1. The third-order valence-corrected chi connectivity index (χ3v) is 4.23. The van der Waals surface area contributed by atoms with Crippen LogP contribution < -0.4 is 5.32 Å². The molecular formula is C18H21ClFN3O3. The zero-order valence-corrected chi connectivity index (χ0v) is 15.8. The first-order chi connectivity index (χ1) is 12.0. The molecule has 2 aromatic rings. The van der Waals surface area contributed by atoms with Gasteiger partial charge in [-0.3, -0.25) is 14.3 Å². The van der Waals surface area contributed by atoms with Crippen molar-refractivity contribution >= 4 is 23.5 Å². The zero-order valence-electron chi connectivity index (χ0n) is 15.0. The van der Waals surface area contributed by atoms with E-state index in [9.17, 15) is 14.0 Å². The van der Waals surface area contributed by atoms with Gasteiger partial charge in [-0.15, -0.1) is 0 Å². The number of aliphatic carboxylic acids is 1. The number of amides is 1. The maximum Gasteiger partial charge on any atom is 0.305 e. The van der Waals surface area contributed by atoms with Gasteiger partial charge in [-0.2, -0.15) is 5.10 Å². The van der Waals surface area contributed by atoms with Crippen LogP contribution in [0.5, 0.6) is 0 Å². The molecule has 1 heterocycles. The van der Waals surface area contributed by atoms with Gasteiger partial charge in [0.15, 0.2) is 0 Å². The van der Waals surface area contributed by atoms with Gasteiger partial charge in [-0.05, 0) is 45.4 Å². The molecule has 1 aromatic heterocycles. The summed E-state index contributed by atoms with van der Waals surface area (Å²) in [5.41, 5.74) is 1.02. The van der Waals surface area contributed by atoms with Crippen molar-refractivity contribution in [2.75, 3.05) is 0 Å². The summed E-state index contributed by atoms with van der Waals surface area (Å²) in [5, 5.41) is 15.9. The maximum atomic E-state index is 13.7. The summed E-state index contributed by atoms with van der Waals surface area (Å²) in [5.74, 6) is -2.27. The number of nitrogens with one attached hydrogen (secondary N) is 1. The van der Waals surface area contributed by atoms with Crippen molar-refractivity contribution in [2.45, 2.75) is 45.7 Å². The molecule has 0 spiro atoms. The van der Waals surface area contributed by atoms with Crippen LogP contribution in [-0.4, -0.2) is 26.8 Å². The molecule has 0 saturated carbocycles. The lowest BCUT2D eigenvalue weighted by Gasteiger charge is -2.22. The van der Waals surface area contributed by atoms with Crippen LogP contribution in [0, 0.1) is 12.7 Å².